The van der Waals surface area contributed by atoms with Gasteiger partial charge >= 0.3 is 0 Å². The predicted octanol–water partition coefficient (Wildman–Crippen LogP) is 1.17. The summed E-state index contributed by atoms with van der Waals surface area (Å²) in [5.41, 5.74) is 2.16. The van der Waals surface area contributed by atoms with E-state index in [9.17, 15) is 0 Å². The van der Waals surface area contributed by atoms with Gasteiger partial charge in [-0.2, -0.15) is 0 Å². The second-order valence-corrected chi connectivity index (χ2v) is 3.74. The van der Waals surface area contributed by atoms with E-state index in [1.807, 2.05) is 13.8 Å². The first-order chi connectivity index (χ1) is 6.77. The van der Waals surface area contributed by atoms with Crippen molar-refractivity contribution in [2.45, 2.75) is 32.9 Å². The van der Waals surface area contributed by atoms with E-state index in [1.165, 1.54) is 5.56 Å². The van der Waals surface area contributed by atoms with Crippen LogP contribution < -0.4 is 5.32 Å². The second-order valence-electron chi connectivity index (χ2n) is 3.74. The molecule has 2 rings (SSSR count). The van der Waals surface area contributed by atoms with Gasteiger partial charge in [-0.3, -0.25) is 0 Å². The van der Waals surface area contributed by atoms with Gasteiger partial charge in [0.05, 0.1) is 12.3 Å². The lowest BCUT2D eigenvalue weighted by Crippen LogP contribution is -2.28. The van der Waals surface area contributed by atoms with Crippen LogP contribution in [0.25, 0.3) is 0 Å². The Balaban J connectivity index is 1.90. The molecule has 1 fully saturated rings. The maximum absolute atomic E-state index is 5.29. The smallest absolute Gasteiger partial charge is 0.138 e. The molecule has 78 valence electrons. The molecule has 0 bridgehead atoms. The Morgan fingerprint density at radius 3 is 2.93 bits per heavy atom. The highest BCUT2D eigenvalue weighted by Crippen LogP contribution is 2.13. The summed E-state index contributed by atoms with van der Waals surface area (Å²) in [5, 5.41) is 7.36. The Labute approximate surface area is 83.6 Å². The number of ether oxygens (including phenoxy) is 1. The highest BCUT2D eigenvalue weighted by Gasteiger charge is 2.16. The van der Waals surface area contributed by atoms with Crippen LogP contribution in [0.2, 0.25) is 0 Å². The van der Waals surface area contributed by atoms with Gasteiger partial charge in [-0.05, 0) is 20.3 Å². The van der Waals surface area contributed by atoms with Crippen LogP contribution in [0.5, 0.6) is 0 Å². The van der Waals surface area contributed by atoms with Gasteiger partial charge in [-0.15, -0.1) is 0 Å². The minimum Gasteiger partial charge on any atom is -0.380 e. The van der Waals surface area contributed by atoms with E-state index in [4.69, 9.17) is 9.26 Å². The van der Waals surface area contributed by atoms with Crippen molar-refractivity contribution in [1.82, 2.24) is 10.5 Å². The average molecular weight is 196 g/mol. The van der Waals surface area contributed by atoms with Crippen molar-refractivity contribution in [3.8, 4) is 0 Å². The molecule has 1 aliphatic heterocycles. The quantitative estimate of drug-likeness (QED) is 0.788. The molecule has 0 aromatic carbocycles. The normalized spacial score (nSPS) is 21.7. The first-order valence-corrected chi connectivity index (χ1v) is 5.00. The lowest BCUT2D eigenvalue weighted by molar-refractivity contribution is 0.190. The first kappa shape index (κ1) is 9.68. The van der Waals surface area contributed by atoms with Crippen molar-refractivity contribution in [1.29, 1.82) is 0 Å². The van der Waals surface area contributed by atoms with Crippen LogP contribution in [-0.2, 0) is 11.3 Å². The molecule has 4 heteroatoms. The van der Waals surface area contributed by atoms with Gasteiger partial charge in [0, 0.05) is 24.8 Å². The summed E-state index contributed by atoms with van der Waals surface area (Å²) in [7, 11) is 0. The molecule has 14 heavy (non-hydrogen) atoms. The average Bonchev–Trinajstić information content (AvgIpc) is 2.76. The summed E-state index contributed by atoms with van der Waals surface area (Å²) in [6.45, 7) is 6.44. The summed E-state index contributed by atoms with van der Waals surface area (Å²) in [6.07, 6.45) is 1.10. The van der Waals surface area contributed by atoms with E-state index >= 15 is 0 Å². The fourth-order valence-electron chi connectivity index (χ4n) is 1.70. The van der Waals surface area contributed by atoms with Crippen LogP contribution in [0.1, 0.15) is 23.4 Å². The third-order valence-electron chi connectivity index (χ3n) is 2.68. The molecule has 0 aliphatic carbocycles. The SMILES string of the molecule is Cc1noc(C)c1CNC1CCOC1. The maximum atomic E-state index is 5.29. The van der Waals surface area contributed by atoms with Crippen molar-refractivity contribution < 1.29 is 9.26 Å². The minimum absolute atomic E-state index is 0.490. The predicted molar refractivity (Wildman–Crippen MR) is 52.0 cm³/mol. The zero-order valence-electron chi connectivity index (χ0n) is 8.67. The monoisotopic (exact) mass is 196 g/mol. The standard InChI is InChI=1S/C10H16N2O2/c1-7-10(8(2)14-12-7)5-11-9-3-4-13-6-9/h9,11H,3-6H2,1-2H3. The fraction of sp³-hybridized carbons (Fsp3) is 0.700. The third kappa shape index (κ3) is 1.96. The lowest BCUT2D eigenvalue weighted by Gasteiger charge is -2.09. The van der Waals surface area contributed by atoms with E-state index in [0.29, 0.717) is 6.04 Å². The van der Waals surface area contributed by atoms with Crippen molar-refractivity contribution in [3.63, 3.8) is 0 Å². The molecule has 1 unspecified atom stereocenters. The largest absolute Gasteiger partial charge is 0.380 e. The van der Waals surface area contributed by atoms with Gasteiger partial charge in [0.2, 0.25) is 0 Å². The summed E-state index contributed by atoms with van der Waals surface area (Å²) >= 11 is 0. The van der Waals surface area contributed by atoms with Crippen LogP contribution in [0.4, 0.5) is 0 Å². The van der Waals surface area contributed by atoms with Crippen molar-refractivity contribution in [2.24, 2.45) is 0 Å². The first-order valence-electron chi connectivity index (χ1n) is 5.00. The van der Waals surface area contributed by atoms with Gasteiger partial charge < -0.3 is 14.6 Å². The molecule has 1 aromatic heterocycles. The highest BCUT2D eigenvalue weighted by atomic mass is 16.5. The zero-order chi connectivity index (χ0) is 9.97. The molecule has 1 N–H and O–H groups in total. The number of aryl methyl sites for hydroxylation is 2. The summed E-state index contributed by atoms with van der Waals surface area (Å²) < 4.78 is 10.4. The van der Waals surface area contributed by atoms with Crippen LogP contribution >= 0.6 is 0 Å². The van der Waals surface area contributed by atoms with Gasteiger partial charge in [0.15, 0.2) is 0 Å². The summed E-state index contributed by atoms with van der Waals surface area (Å²) in [5.74, 6) is 0.911. The lowest BCUT2D eigenvalue weighted by atomic mass is 10.2. The molecule has 0 radical (unpaired) electrons. The van der Waals surface area contributed by atoms with Gasteiger partial charge in [-0.25, -0.2) is 0 Å². The van der Waals surface area contributed by atoms with Gasteiger partial charge in [0.1, 0.15) is 5.76 Å². The summed E-state index contributed by atoms with van der Waals surface area (Å²) in [4.78, 5) is 0. The number of aromatic nitrogens is 1. The van der Waals surface area contributed by atoms with E-state index < -0.39 is 0 Å². The Bertz CT molecular complexity index is 284. The van der Waals surface area contributed by atoms with Crippen molar-refractivity contribution in [3.05, 3.63) is 17.0 Å². The molecule has 1 aliphatic rings. The Kier molecular flexibility index (Phi) is 2.84. The molecule has 0 amide bonds. The topological polar surface area (TPSA) is 47.3 Å². The van der Waals surface area contributed by atoms with Crippen LogP contribution in [-0.4, -0.2) is 24.4 Å². The van der Waals surface area contributed by atoms with Crippen molar-refractivity contribution in [2.75, 3.05) is 13.2 Å². The van der Waals surface area contributed by atoms with Crippen LogP contribution in [0.15, 0.2) is 4.52 Å². The Morgan fingerprint density at radius 2 is 2.36 bits per heavy atom. The second kappa shape index (κ2) is 4.11. The summed E-state index contributed by atoms with van der Waals surface area (Å²) in [6, 6.07) is 0.490. The van der Waals surface area contributed by atoms with E-state index in [0.717, 1.165) is 37.6 Å². The van der Waals surface area contributed by atoms with Crippen molar-refractivity contribution >= 4 is 0 Å². The molecular weight excluding hydrogens is 180 g/mol. The molecule has 4 nitrogen and oxygen atoms in total. The van der Waals surface area contributed by atoms with Gasteiger partial charge in [-0.1, -0.05) is 5.16 Å². The molecule has 0 saturated carbocycles. The van der Waals surface area contributed by atoms with E-state index in [1.54, 1.807) is 0 Å². The number of hydrogen-bond acceptors (Lipinski definition) is 4. The number of hydrogen-bond donors (Lipinski definition) is 1. The highest BCUT2D eigenvalue weighted by molar-refractivity contribution is 5.20. The van der Waals surface area contributed by atoms with Gasteiger partial charge in [0.25, 0.3) is 0 Å². The molecule has 1 atom stereocenters. The number of nitrogens with one attached hydrogen (secondary N) is 1. The Morgan fingerprint density at radius 1 is 1.50 bits per heavy atom. The zero-order valence-corrected chi connectivity index (χ0v) is 8.67. The molecule has 1 saturated heterocycles. The molecule has 0 spiro atoms. The molecule has 1 aromatic rings. The fourth-order valence-corrected chi connectivity index (χ4v) is 1.70. The Hall–Kier alpha value is -0.870. The van der Waals surface area contributed by atoms with E-state index in [-0.39, 0.29) is 0 Å². The third-order valence-corrected chi connectivity index (χ3v) is 2.68. The number of nitrogens with zero attached hydrogens (tertiary/aromatic N) is 1. The maximum Gasteiger partial charge on any atom is 0.138 e. The number of rotatable bonds is 3. The molecular formula is C10H16N2O2. The molecule has 2 heterocycles. The van der Waals surface area contributed by atoms with E-state index in [2.05, 4.69) is 10.5 Å². The van der Waals surface area contributed by atoms with Crippen LogP contribution in [0.3, 0.4) is 0 Å². The van der Waals surface area contributed by atoms with Crippen LogP contribution in [0, 0.1) is 13.8 Å². The minimum atomic E-state index is 0.490.